The van der Waals surface area contributed by atoms with Crippen molar-refractivity contribution in [2.24, 2.45) is 0 Å². The summed E-state index contributed by atoms with van der Waals surface area (Å²) in [6.07, 6.45) is 0. The first-order chi connectivity index (χ1) is 14.6. The van der Waals surface area contributed by atoms with Crippen molar-refractivity contribution >= 4 is 32.8 Å². The number of aromatic nitrogens is 2. The second kappa shape index (κ2) is 8.87. The fraction of sp³-hybridized carbons (Fsp3) is 0.0909. The maximum absolute atomic E-state index is 12.3. The summed E-state index contributed by atoms with van der Waals surface area (Å²) >= 11 is 3.36. The van der Waals surface area contributed by atoms with Gasteiger partial charge in [-0.2, -0.15) is 0 Å². The van der Waals surface area contributed by atoms with Crippen LogP contribution in [0.25, 0.3) is 22.2 Å². The third kappa shape index (κ3) is 4.55. The number of ether oxygens (including phenoxy) is 1. The number of amides is 1. The molecule has 7 nitrogen and oxygen atoms in total. The summed E-state index contributed by atoms with van der Waals surface area (Å²) in [5.74, 6) is -0.182. The number of hydrogen-bond donors (Lipinski definition) is 1. The molecule has 0 bridgehead atoms. The Hall–Kier alpha value is -3.52. The number of carbonyl (C=O) groups excluding carboxylic acids is 1. The van der Waals surface area contributed by atoms with E-state index in [1.807, 2.05) is 36.4 Å². The van der Waals surface area contributed by atoms with E-state index < -0.39 is 11.5 Å². The van der Waals surface area contributed by atoms with Crippen LogP contribution in [0.4, 0.5) is 0 Å². The van der Waals surface area contributed by atoms with Crippen molar-refractivity contribution in [2.45, 2.75) is 0 Å². The number of nitrogens with zero attached hydrogens (tertiary/aromatic N) is 2. The number of benzene rings is 2. The highest BCUT2D eigenvalue weighted by atomic mass is 79.9. The number of rotatable bonds is 6. The highest BCUT2D eigenvalue weighted by molar-refractivity contribution is 9.10. The molecule has 1 amide bonds. The summed E-state index contributed by atoms with van der Waals surface area (Å²) in [4.78, 5) is 24.4. The smallest absolute Gasteiger partial charge is 0.349 e. The van der Waals surface area contributed by atoms with Gasteiger partial charge in [0.1, 0.15) is 17.8 Å². The molecule has 0 unspecified atom stereocenters. The van der Waals surface area contributed by atoms with Gasteiger partial charge in [-0.25, -0.2) is 4.79 Å². The first kappa shape index (κ1) is 19.8. The molecule has 0 saturated carbocycles. The standard InChI is InChI=1S/C22H16BrN3O4/c23-16-6-8-19-15(12-16)13-17(22(28)30-19)21(27)24-10-11-29-20-9-7-18(25-26-20)14-4-2-1-3-5-14/h1-9,12-13H,10-11H2,(H,24,27). The summed E-state index contributed by atoms with van der Waals surface area (Å²) in [5, 5.41) is 11.5. The van der Waals surface area contributed by atoms with Gasteiger partial charge in [0.05, 0.1) is 12.2 Å². The van der Waals surface area contributed by atoms with Crippen molar-refractivity contribution < 1.29 is 13.9 Å². The molecular formula is C22H16BrN3O4. The van der Waals surface area contributed by atoms with Crippen LogP contribution < -0.4 is 15.7 Å². The lowest BCUT2D eigenvalue weighted by Gasteiger charge is -2.07. The number of hydrogen-bond acceptors (Lipinski definition) is 6. The topological polar surface area (TPSA) is 94.3 Å². The predicted molar refractivity (Wildman–Crippen MR) is 115 cm³/mol. The molecule has 0 saturated heterocycles. The van der Waals surface area contributed by atoms with Crippen LogP contribution in [-0.4, -0.2) is 29.3 Å². The monoisotopic (exact) mass is 465 g/mol. The number of carbonyl (C=O) groups is 1. The van der Waals surface area contributed by atoms with E-state index in [4.69, 9.17) is 9.15 Å². The highest BCUT2D eigenvalue weighted by Gasteiger charge is 2.13. The fourth-order valence-corrected chi connectivity index (χ4v) is 3.21. The van der Waals surface area contributed by atoms with Crippen molar-refractivity contribution in [3.63, 3.8) is 0 Å². The molecule has 0 radical (unpaired) electrons. The fourth-order valence-electron chi connectivity index (χ4n) is 2.83. The number of nitrogens with one attached hydrogen (secondary N) is 1. The summed E-state index contributed by atoms with van der Waals surface area (Å²) < 4.78 is 11.5. The average molecular weight is 466 g/mol. The second-order valence-electron chi connectivity index (χ2n) is 6.36. The van der Waals surface area contributed by atoms with E-state index in [9.17, 15) is 9.59 Å². The van der Waals surface area contributed by atoms with Gasteiger partial charge < -0.3 is 14.5 Å². The Balaban J connectivity index is 1.33. The molecule has 2 aromatic heterocycles. The molecule has 0 spiro atoms. The molecule has 30 heavy (non-hydrogen) atoms. The maximum atomic E-state index is 12.3. The van der Waals surface area contributed by atoms with Crippen LogP contribution >= 0.6 is 15.9 Å². The third-order valence-corrected chi connectivity index (χ3v) is 4.78. The lowest BCUT2D eigenvalue weighted by Crippen LogP contribution is -2.31. The van der Waals surface area contributed by atoms with E-state index in [2.05, 4.69) is 31.4 Å². The average Bonchev–Trinajstić information content (AvgIpc) is 2.77. The number of fused-ring (bicyclic) bond motifs is 1. The van der Waals surface area contributed by atoms with Crippen molar-refractivity contribution in [1.82, 2.24) is 15.5 Å². The molecule has 0 aliphatic rings. The van der Waals surface area contributed by atoms with Crippen LogP contribution in [0.5, 0.6) is 5.88 Å². The first-order valence-electron chi connectivity index (χ1n) is 9.14. The third-order valence-electron chi connectivity index (χ3n) is 4.29. The Kier molecular flexibility index (Phi) is 5.85. The van der Waals surface area contributed by atoms with E-state index >= 15 is 0 Å². The minimum absolute atomic E-state index is 0.0624. The van der Waals surface area contributed by atoms with Gasteiger partial charge in [0.15, 0.2) is 0 Å². The summed E-state index contributed by atoms with van der Waals surface area (Å²) in [6.45, 7) is 0.368. The van der Waals surface area contributed by atoms with E-state index in [0.717, 1.165) is 15.7 Å². The highest BCUT2D eigenvalue weighted by Crippen LogP contribution is 2.19. The van der Waals surface area contributed by atoms with Crippen LogP contribution in [0.3, 0.4) is 0 Å². The van der Waals surface area contributed by atoms with Gasteiger partial charge in [0, 0.05) is 21.5 Å². The molecule has 4 rings (SSSR count). The molecular weight excluding hydrogens is 450 g/mol. The van der Waals surface area contributed by atoms with E-state index in [1.165, 1.54) is 6.07 Å². The Labute approximate surface area is 179 Å². The summed E-state index contributed by atoms with van der Waals surface area (Å²) in [7, 11) is 0. The zero-order chi connectivity index (χ0) is 20.9. The maximum Gasteiger partial charge on any atom is 0.349 e. The van der Waals surface area contributed by atoms with E-state index in [-0.39, 0.29) is 18.7 Å². The molecule has 0 fully saturated rings. The van der Waals surface area contributed by atoms with Gasteiger partial charge in [-0.15, -0.1) is 10.2 Å². The molecule has 4 aromatic rings. The lowest BCUT2D eigenvalue weighted by atomic mass is 10.1. The summed E-state index contributed by atoms with van der Waals surface area (Å²) in [6, 6.07) is 19.9. The van der Waals surface area contributed by atoms with Crippen molar-refractivity contribution in [3.8, 4) is 17.1 Å². The SMILES string of the molecule is O=C(NCCOc1ccc(-c2ccccc2)nn1)c1cc2cc(Br)ccc2oc1=O. The Morgan fingerprint density at radius 1 is 1.03 bits per heavy atom. The van der Waals surface area contributed by atoms with Gasteiger partial charge in [0.2, 0.25) is 5.88 Å². The molecule has 2 aromatic carbocycles. The largest absolute Gasteiger partial charge is 0.475 e. The normalized spacial score (nSPS) is 10.7. The summed E-state index contributed by atoms with van der Waals surface area (Å²) in [5.41, 5.74) is 1.37. The zero-order valence-electron chi connectivity index (χ0n) is 15.7. The van der Waals surface area contributed by atoms with Gasteiger partial charge >= 0.3 is 5.63 Å². The number of halogens is 1. The lowest BCUT2D eigenvalue weighted by molar-refractivity contribution is 0.0943. The van der Waals surface area contributed by atoms with Gasteiger partial charge in [-0.3, -0.25) is 4.79 Å². The zero-order valence-corrected chi connectivity index (χ0v) is 17.3. The molecule has 2 heterocycles. The Morgan fingerprint density at radius 2 is 1.87 bits per heavy atom. The van der Waals surface area contributed by atoms with Crippen LogP contribution in [0, 0.1) is 0 Å². The van der Waals surface area contributed by atoms with Gasteiger partial charge in [-0.05, 0) is 30.3 Å². The molecule has 0 aliphatic heterocycles. The van der Waals surface area contributed by atoms with Gasteiger partial charge in [0.25, 0.3) is 5.91 Å². The van der Waals surface area contributed by atoms with Crippen LogP contribution in [0.1, 0.15) is 10.4 Å². The quantitative estimate of drug-likeness (QED) is 0.343. The second-order valence-corrected chi connectivity index (χ2v) is 7.27. The van der Waals surface area contributed by atoms with Crippen molar-refractivity contribution in [2.75, 3.05) is 13.2 Å². The first-order valence-corrected chi connectivity index (χ1v) is 9.93. The minimum atomic E-state index is -0.689. The van der Waals surface area contributed by atoms with E-state index in [1.54, 1.807) is 24.3 Å². The molecule has 150 valence electrons. The molecule has 0 atom stereocenters. The Bertz CT molecular complexity index is 1240. The van der Waals surface area contributed by atoms with Crippen LogP contribution in [0.2, 0.25) is 0 Å². The molecule has 0 aliphatic carbocycles. The molecule has 1 N–H and O–H groups in total. The molecule has 8 heteroatoms. The van der Waals surface area contributed by atoms with E-state index in [0.29, 0.717) is 16.8 Å². The minimum Gasteiger partial charge on any atom is -0.475 e. The predicted octanol–water partition coefficient (Wildman–Crippen LogP) is 3.82. The van der Waals surface area contributed by atoms with Crippen molar-refractivity contribution in [1.29, 1.82) is 0 Å². The van der Waals surface area contributed by atoms with Crippen molar-refractivity contribution in [3.05, 3.63) is 87.2 Å². The van der Waals surface area contributed by atoms with Gasteiger partial charge in [-0.1, -0.05) is 46.3 Å². The van der Waals surface area contributed by atoms with Crippen LogP contribution in [0.15, 0.2) is 80.4 Å². The Morgan fingerprint density at radius 3 is 2.63 bits per heavy atom. The van der Waals surface area contributed by atoms with Crippen LogP contribution in [-0.2, 0) is 0 Å².